The maximum absolute atomic E-state index is 12.9. The number of hydrogen-bond donors (Lipinski definition) is 1. The Kier molecular flexibility index (Phi) is 3.93. The van der Waals surface area contributed by atoms with Crippen molar-refractivity contribution in [2.24, 2.45) is 0 Å². The van der Waals surface area contributed by atoms with Gasteiger partial charge in [0, 0.05) is 12.1 Å². The van der Waals surface area contributed by atoms with Crippen molar-refractivity contribution in [1.29, 1.82) is 0 Å². The number of fused-ring (bicyclic) bond motifs is 1. The lowest BCUT2D eigenvalue weighted by Gasteiger charge is -2.32. The third-order valence-corrected chi connectivity index (χ3v) is 5.92. The predicted octanol–water partition coefficient (Wildman–Crippen LogP) is 2.88. The van der Waals surface area contributed by atoms with Crippen LogP contribution in [0.15, 0.2) is 53.4 Å². The fourth-order valence-corrected chi connectivity index (χ4v) is 4.29. The second kappa shape index (κ2) is 5.74. The Morgan fingerprint density at radius 2 is 1.82 bits per heavy atom. The van der Waals surface area contributed by atoms with Crippen molar-refractivity contribution in [3.8, 4) is 0 Å². The Labute approximate surface area is 131 Å². The SMILES string of the molecule is CCc1ccc(S(=O)(=O)N2CCC(O)c3ccccc32)cc1. The molecule has 0 radical (unpaired) electrons. The maximum Gasteiger partial charge on any atom is 0.264 e. The normalized spacial score (nSPS) is 18.1. The van der Waals surface area contributed by atoms with Crippen LogP contribution in [0, 0.1) is 0 Å². The lowest BCUT2D eigenvalue weighted by molar-refractivity contribution is 0.166. The summed E-state index contributed by atoms with van der Waals surface area (Å²) >= 11 is 0. The molecule has 0 saturated carbocycles. The van der Waals surface area contributed by atoms with E-state index >= 15 is 0 Å². The van der Waals surface area contributed by atoms with Gasteiger partial charge in [-0.2, -0.15) is 0 Å². The molecule has 0 fully saturated rings. The zero-order valence-corrected chi connectivity index (χ0v) is 13.3. The number of para-hydroxylation sites is 1. The van der Waals surface area contributed by atoms with Crippen molar-refractivity contribution >= 4 is 15.7 Å². The third-order valence-electron chi connectivity index (χ3n) is 4.09. The number of benzene rings is 2. The number of aryl methyl sites for hydroxylation is 1. The molecule has 2 aromatic rings. The molecule has 0 aromatic heterocycles. The van der Waals surface area contributed by atoms with Crippen LogP contribution in [0.5, 0.6) is 0 Å². The van der Waals surface area contributed by atoms with Gasteiger partial charge in [0.1, 0.15) is 0 Å². The summed E-state index contributed by atoms with van der Waals surface area (Å²) in [5.74, 6) is 0. The molecule has 3 rings (SSSR count). The number of aliphatic hydroxyl groups excluding tert-OH is 1. The number of hydrogen-bond acceptors (Lipinski definition) is 3. The molecule has 22 heavy (non-hydrogen) atoms. The molecule has 1 unspecified atom stereocenters. The molecular weight excluding hydrogens is 298 g/mol. The van der Waals surface area contributed by atoms with E-state index in [1.165, 1.54) is 4.31 Å². The predicted molar refractivity (Wildman–Crippen MR) is 86.4 cm³/mol. The largest absolute Gasteiger partial charge is 0.388 e. The van der Waals surface area contributed by atoms with Crippen molar-refractivity contribution in [1.82, 2.24) is 0 Å². The first-order valence-corrected chi connectivity index (χ1v) is 8.86. The summed E-state index contributed by atoms with van der Waals surface area (Å²) in [4.78, 5) is 0.288. The summed E-state index contributed by atoms with van der Waals surface area (Å²) in [5.41, 5.74) is 2.34. The molecule has 0 bridgehead atoms. The minimum Gasteiger partial charge on any atom is -0.388 e. The number of sulfonamides is 1. The van der Waals surface area contributed by atoms with E-state index in [1.807, 2.05) is 25.1 Å². The zero-order chi connectivity index (χ0) is 15.7. The molecule has 1 N–H and O–H groups in total. The molecule has 0 saturated heterocycles. The number of rotatable bonds is 3. The summed E-state index contributed by atoms with van der Waals surface area (Å²) < 4.78 is 27.2. The fraction of sp³-hybridized carbons (Fsp3) is 0.294. The summed E-state index contributed by atoms with van der Waals surface area (Å²) in [6, 6.07) is 14.1. The maximum atomic E-state index is 12.9. The monoisotopic (exact) mass is 317 g/mol. The first-order chi connectivity index (χ1) is 10.5. The van der Waals surface area contributed by atoms with Crippen LogP contribution in [-0.4, -0.2) is 20.1 Å². The fourth-order valence-electron chi connectivity index (χ4n) is 2.79. The van der Waals surface area contributed by atoms with Crippen molar-refractivity contribution in [2.45, 2.75) is 30.8 Å². The van der Waals surface area contributed by atoms with Gasteiger partial charge in [0.05, 0.1) is 16.7 Å². The van der Waals surface area contributed by atoms with E-state index < -0.39 is 16.1 Å². The van der Waals surface area contributed by atoms with Crippen molar-refractivity contribution in [3.05, 3.63) is 59.7 Å². The van der Waals surface area contributed by atoms with Gasteiger partial charge in [-0.05, 0) is 36.6 Å². The molecule has 1 aliphatic rings. The van der Waals surface area contributed by atoms with Gasteiger partial charge in [0.2, 0.25) is 0 Å². The molecule has 0 amide bonds. The van der Waals surface area contributed by atoms with E-state index in [0.29, 0.717) is 17.7 Å². The van der Waals surface area contributed by atoms with E-state index in [9.17, 15) is 13.5 Å². The van der Waals surface area contributed by atoms with E-state index in [4.69, 9.17) is 0 Å². The van der Waals surface area contributed by atoms with Gasteiger partial charge in [-0.25, -0.2) is 8.42 Å². The van der Waals surface area contributed by atoms with Crippen molar-refractivity contribution in [2.75, 3.05) is 10.8 Å². The molecular formula is C17H19NO3S. The molecule has 0 aliphatic carbocycles. The van der Waals surface area contributed by atoms with E-state index in [1.54, 1.807) is 30.3 Å². The number of aliphatic hydroxyl groups is 1. The van der Waals surface area contributed by atoms with Crippen LogP contribution < -0.4 is 4.31 Å². The Bertz CT molecular complexity index is 769. The van der Waals surface area contributed by atoms with Crippen LogP contribution in [0.4, 0.5) is 5.69 Å². The molecule has 1 atom stereocenters. The molecule has 1 heterocycles. The molecule has 4 nitrogen and oxygen atoms in total. The highest BCUT2D eigenvalue weighted by atomic mass is 32.2. The second-order valence-corrected chi connectivity index (χ2v) is 7.30. The van der Waals surface area contributed by atoms with Crippen molar-refractivity contribution in [3.63, 3.8) is 0 Å². The first kappa shape index (κ1) is 15.1. The quantitative estimate of drug-likeness (QED) is 0.947. The number of nitrogens with zero attached hydrogens (tertiary/aromatic N) is 1. The second-order valence-electron chi connectivity index (χ2n) is 5.44. The van der Waals surface area contributed by atoms with Crippen LogP contribution in [-0.2, 0) is 16.4 Å². The first-order valence-electron chi connectivity index (χ1n) is 7.42. The van der Waals surface area contributed by atoms with E-state index in [0.717, 1.165) is 12.0 Å². The highest BCUT2D eigenvalue weighted by Gasteiger charge is 2.32. The Morgan fingerprint density at radius 1 is 1.14 bits per heavy atom. The molecule has 5 heteroatoms. The van der Waals surface area contributed by atoms with Gasteiger partial charge < -0.3 is 5.11 Å². The van der Waals surface area contributed by atoms with Gasteiger partial charge >= 0.3 is 0 Å². The van der Waals surface area contributed by atoms with Gasteiger partial charge in [-0.1, -0.05) is 37.3 Å². The molecule has 0 spiro atoms. The minimum absolute atomic E-state index is 0.288. The summed E-state index contributed by atoms with van der Waals surface area (Å²) in [5, 5.41) is 10.1. The van der Waals surface area contributed by atoms with Crippen LogP contribution in [0.25, 0.3) is 0 Å². The van der Waals surface area contributed by atoms with Gasteiger partial charge in [-0.15, -0.1) is 0 Å². The lowest BCUT2D eigenvalue weighted by Crippen LogP contribution is -2.36. The standard InChI is InChI=1S/C17H19NO3S/c1-2-13-7-9-14(10-8-13)22(20,21)18-12-11-17(19)15-5-3-4-6-16(15)18/h3-10,17,19H,2,11-12H2,1H3. The number of anilines is 1. The Morgan fingerprint density at radius 3 is 2.50 bits per heavy atom. The van der Waals surface area contributed by atoms with E-state index in [-0.39, 0.29) is 11.4 Å². The van der Waals surface area contributed by atoms with Crippen LogP contribution in [0.2, 0.25) is 0 Å². The average molecular weight is 317 g/mol. The van der Waals surface area contributed by atoms with Crippen molar-refractivity contribution < 1.29 is 13.5 Å². The lowest BCUT2D eigenvalue weighted by atomic mass is 10.0. The topological polar surface area (TPSA) is 57.6 Å². The third kappa shape index (κ3) is 2.51. The zero-order valence-electron chi connectivity index (χ0n) is 12.4. The Balaban J connectivity index is 2.04. The smallest absolute Gasteiger partial charge is 0.264 e. The summed E-state index contributed by atoms with van der Waals surface area (Å²) in [7, 11) is -3.60. The summed E-state index contributed by atoms with van der Waals surface area (Å²) in [6.07, 6.45) is 0.674. The van der Waals surface area contributed by atoms with Crippen LogP contribution in [0.1, 0.15) is 30.6 Å². The molecule has 1 aliphatic heterocycles. The van der Waals surface area contributed by atoms with E-state index in [2.05, 4.69) is 0 Å². The van der Waals surface area contributed by atoms with Gasteiger partial charge in [0.15, 0.2) is 0 Å². The van der Waals surface area contributed by atoms with Crippen LogP contribution in [0.3, 0.4) is 0 Å². The average Bonchev–Trinajstić information content (AvgIpc) is 2.55. The highest BCUT2D eigenvalue weighted by molar-refractivity contribution is 7.92. The van der Waals surface area contributed by atoms with Gasteiger partial charge in [0.25, 0.3) is 10.0 Å². The van der Waals surface area contributed by atoms with Gasteiger partial charge in [-0.3, -0.25) is 4.31 Å². The minimum atomic E-state index is -3.60. The van der Waals surface area contributed by atoms with Crippen LogP contribution >= 0.6 is 0 Å². The highest BCUT2D eigenvalue weighted by Crippen LogP contribution is 2.36. The summed E-state index contributed by atoms with van der Waals surface area (Å²) in [6.45, 7) is 2.32. The molecule has 2 aromatic carbocycles. The molecule has 116 valence electrons. The Hall–Kier alpha value is -1.85.